The van der Waals surface area contributed by atoms with Crippen LogP contribution in [0.4, 0.5) is 9.18 Å². The van der Waals surface area contributed by atoms with E-state index in [-0.39, 0.29) is 16.4 Å². The Hall–Kier alpha value is -1.00. The Morgan fingerprint density at radius 1 is 1.38 bits per heavy atom. The summed E-state index contributed by atoms with van der Waals surface area (Å²) in [6, 6.07) is 0. The van der Waals surface area contributed by atoms with Crippen LogP contribution in [0.2, 0.25) is 0 Å². The fourth-order valence-electron chi connectivity index (χ4n) is 2.36. The molecule has 2 N–H and O–H groups in total. The van der Waals surface area contributed by atoms with Gasteiger partial charge in [0.1, 0.15) is 6.10 Å². The predicted octanol–water partition coefficient (Wildman–Crippen LogP) is 0.907. The highest BCUT2D eigenvalue weighted by Crippen LogP contribution is 2.32. The molecule has 3 aliphatic rings. The molecule has 2 saturated heterocycles. The van der Waals surface area contributed by atoms with Crippen molar-refractivity contribution < 1.29 is 18.7 Å². The molecule has 0 aliphatic carbocycles. The average molecular weight is 409 g/mol. The molecule has 3 aliphatic heterocycles. The molecule has 2 fully saturated rings. The lowest BCUT2D eigenvalue weighted by Gasteiger charge is -2.31. The molecule has 0 unspecified atom stereocenters. The summed E-state index contributed by atoms with van der Waals surface area (Å²) < 4.78 is 25.4. The molecule has 3 rings (SSSR count). The van der Waals surface area contributed by atoms with Crippen molar-refractivity contribution in [1.29, 1.82) is 0 Å². The average Bonchev–Trinajstić information content (AvgIpc) is 2.89. The van der Waals surface area contributed by atoms with Crippen molar-refractivity contribution in [2.75, 3.05) is 39.4 Å². The van der Waals surface area contributed by atoms with Crippen LogP contribution in [-0.2, 0) is 9.47 Å². The number of amides is 1. The third kappa shape index (κ3) is 3.11. The van der Waals surface area contributed by atoms with Gasteiger partial charge in [0.05, 0.1) is 29.2 Å². The Morgan fingerprint density at radius 2 is 2.14 bits per heavy atom. The summed E-state index contributed by atoms with van der Waals surface area (Å²) in [5.41, 5.74) is 6.15. The molecule has 0 saturated carbocycles. The fraction of sp³-hybridized carbons (Fsp3) is 0.538. The van der Waals surface area contributed by atoms with Crippen LogP contribution in [0.25, 0.3) is 0 Å². The lowest BCUT2D eigenvalue weighted by atomic mass is 10.3. The second-order valence-electron chi connectivity index (χ2n) is 4.85. The van der Waals surface area contributed by atoms with E-state index in [9.17, 15) is 9.18 Å². The zero-order valence-corrected chi connectivity index (χ0v) is 13.6. The third-order valence-electron chi connectivity index (χ3n) is 3.50. The van der Waals surface area contributed by atoms with Crippen molar-refractivity contribution in [2.45, 2.75) is 6.10 Å². The molecule has 0 spiro atoms. The highest BCUT2D eigenvalue weighted by molar-refractivity contribution is 14.2. The van der Waals surface area contributed by atoms with Gasteiger partial charge in [-0.3, -0.25) is 4.90 Å². The summed E-state index contributed by atoms with van der Waals surface area (Å²) >= 11 is -1.00. The van der Waals surface area contributed by atoms with Crippen LogP contribution in [0.15, 0.2) is 21.6 Å². The van der Waals surface area contributed by atoms with E-state index in [0.717, 1.165) is 3.70 Å². The number of nitrogens with two attached hydrogens (primary N) is 1. The van der Waals surface area contributed by atoms with E-state index in [1.165, 1.54) is 4.90 Å². The van der Waals surface area contributed by atoms with Crippen molar-refractivity contribution in [3.8, 4) is 0 Å². The Labute approximate surface area is 132 Å². The maximum Gasteiger partial charge on any atom is 0.415 e. The minimum absolute atomic E-state index is 0.114. The first kappa shape index (κ1) is 14.9. The van der Waals surface area contributed by atoms with Crippen LogP contribution in [0, 0.1) is 0 Å². The number of morpholine rings is 1. The van der Waals surface area contributed by atoms with Crippen molar-refractivity contribution in [1.82, 2.24) is 9.80 Å². The Balaban J connectivity index is 1.76. The van der Waals surface area contributed by atoms with Crippen molar-refractivity contribution in [3.05, 3.63) is 21.6 Å². The summed E-state index contributed by atoms with van der Waals surface area (Å²) in [4.78, 5) is 15.3. The molecule has 3 heterocycles. The van der Waals surface area contributed by atoms with E-state index in [1.54, 1.807) is 6.08 Å². The Bertz CT molecular complexity index is 529. The normalized spacial score (nSPS) is 26.7. The van der Waals surface area contributed by atoms with E-state index < -0.39 is 26.8 Å². The molecule has 0 aromatic heterocycles. The highest BCUT2D eigenvalue weighted by atomic mass is 127. The molecular formula is C13H17FIN3O3. The number of allylic oxidation sites excluding steroid dienone is 3. The number of hydrogen-bond acceptors (Lipinski definition) is 5. The summed E-state index contributed by atoms with van der Waals surface area (Å²) in [7, 11) is 0. The standard InChI is InChI=1S/C13H17FIN3O3/c14-12-10(17-3-5-20-6-4-17)1-2-11(15-12)18-8-9(7-16)21-13(18)19/h1-2,9H,3-8,16H2/t9-/m0/s1. The smallest absolute Gasteiger partial charge is 0.415 e. The summed E-state index contributed by atoms with van der Waals surface area (Å²) in [6.45, 7) is 3.34. The van der Waals surface area contributed by atoms with Crippen molar-refractivity contribution in [2.24, 2.45) is 5.73 Å². The van der Waals surface area contributed by atoms with Crippen molar-refractivity contribution >= 4 is 30.6 Å². The van der Waals surface area contributed by atoms with Crippen LogP contribution in [0.1, 0.15) is 0 Å². The van der Waals surface area contributed by atoms with Gasteiger partial charge in [0.15, 0.2) is 3.76 Å². The number of halogens is 2. The van der Waals surface area contributed by atoms with Gasteiger partial charge in [-0.25, -0.2) is 4.79 Å². The number of hydrogen-bond donors (Lipinski definition) is 1. The van der Waals surface area contributed by atoms with Gasteiger partial charge in [0, 0.05) is 19.6 Å². The maximum atomic E-state index is 14.4. The number of rotatable bonds is 3. The second kappa shape index (κ2) is 6.41. The van der Waals surface area contributed by atoms with Gasteiger partial charge in [-0.2, -0.15) is 4.39 Å². The summed E-state index contributed by atoms with van der Waals surface area (Å²) in [6.07, 6.45) is 2.87. The first-order chi connectivity index (χ1) is 10.2. The Morgan fingerprint density at radius 3 is 2.76 bits per heavy atom. The largest absolute Gasteiger partial charge is 0.443 e. The zero-order valence-electron chi connectivity index (χ0n) is 11.4. The van der Waals surface area contributed by atoms with Gasteiger partial charge in [0.2, 0.25) is 0 Å². The van der Waals surface area contributed by atoms with Crippen LogP contribution >= 0.6 is 20.7 Å². The van der Waals surface area contributed by atoms with Gasteiger partial charge in [-0.1, -0.05) is 0 Å². The number of ether oxygens (including phenoxy) is 2. The number of cyclic esters (lactones) is 1. The molecule has 0 bridgehead atoms. The number of nitrogens with zero attached hydrogens (tertiary/aromatic N) is 2. The van der Waals surface area contributed by atoms with Gasteiger partial charge in [-0.05, 0) is 32.9 Å². The first-order valence-electron chi connectivity index (χ1n) is 6.79. The highest BCUT2D eigenvalue weighted by Gasteiger charge is 2.33. The van der Waals surface area contributed by atoms with E-state index >= 15 is 0 Å². The van der Waals surface area contributed by atoms with Gasteiger partial charge >= 0.3 is 6.09 Å². The molecular weight excluding hydrogens is 392 g/mol. The summed E-state index contributed by atoms with van der Waals surface area (Å²) in [5, 5.41) is 0. The fourth-order valence-corrected chi connectivity index (χ4v) is 4.69. The predicted molar refractivity (Wildman–Crippen MR) is 84.7 cm³/mol. The molecule has 116 valence electrons. The van der Waals surface area contributed by atoms with E-state index in [1.807, 2.05) is 11.0 Å². The molecule has 0 aromatic rings. The number of carbonyl (C=O) groups is 1. The minimum atomic E-state index is -1.00. The first-order valence-corrected chi connectivity index (χ1v) is 8.95. The lowest BCUT2D eigenvalue weighted by Crippen LogP contribution is -2.37. The van der Waals surface area contributed by atoms with Gasteiger partial charge < -0.3 is 20.1 Å². The Kier molecular flexibility index (Phi) is 4.55. The van der Waals surface area contributed by atoms with Crippen LogP contribution in [0.5, 0.6) is 0 Å². The van der Waals surface area contributed by atoms with Crippen molar-refractivity contribution in [3.63, 3.8) is 0 Å². The van der Waals surface area contributed by atoms with Gasteiger partial charge in [0.25, 0.3) is 0 Å². The monoisotopic (exact) mass is 409 g/mol. The van der Waals surface area contributed by atoms with E-state index in [2.05, 4.69) is 0 Å². The molecule has 1 atom stereocenters. The second-order valence-corrected chi connectivity index (χ2v) is 7.44. The van der Waals surface area contributed by atoms with Gasteiger partial charge in [-0.15, -0.1) is 0 Å². The molecule has 0 radical (unpaired) electrons. The lowest BCUT2D eigenvalue weighted by molar-refractivity contribution is 0.0561. The topological polar surface area (TPSA) is 68.0 Å². The van der Waals surface area contributed by atoms with E-state index in [4.69, 9.17) is 15.2 Å². The molecule has 0 aromatic carbocycles. The van der Waals surface area contributed by atoms with Crippen LogP contribution < -0.4 is 5.73 Å². The van der Waals surface area contributed by atoms with Crippen LogP contribution in [-0.4, -0.2) is 65.2 Å². The minimum Gasteiger partial charge on any atom is -0.443 e. The van der Waals surface area contributed by atoms with Crippen LogP contribution in [0.3, 0.4) is 0 Å². The number of carbonyl (C=O) groups excluding carboxylic acids is 1. The SMILES string of the molecule is NC[C@H]1CN(C2=CC=C(N3CCOCC3)C(F)=I2)C(=O)O1. The third-order valence-corrected chi connectivity index (χ3v) is 6.02. The quantitative estimate of drug-likeness (QED) is 0.555. The summed E-state index contributed by atoms with van der Waals surface area (Å²) in [5.74, 6) is 0. The molecule has 8 heteroatoms. The molecule has 21 heavy (non-hydrogen) atoms. The molecule has 6 nitrogen and oxygen atoms in total. The maximum absolute atomic E-state index is 14.4. The zero-order chi connectivity index (χ0) is 14.8. The van der Waals surface area contributed by atoms with E-state index in [0.29, 0.717) is 38.5 Å². The molecule has 1 amide bonds.